The average molecular weight is 576 g/mol. The van der Waals surface area contributed by atoms with Gasteiger partial charge >= 0.3 is 5.97 Å². The van der Waals surface area contributed by atoms with Crippen LogP contribution in [-0.2, 0) is 20.3 Å². The maximum atomic E-state index is 12.4. The number of phenols is 1. The molecular weight excluding hydrogens is 530 g/mol. The van der Waals surface area contributed by atoms with E-state index in [1.807, 2.05) is 19.1 Å². The van der Waals surface area contributed by atoms with Gasteiger partial charge in [-0.25, -0.2) is 4.79 Å². The van der Waals surface area contributed by atoms with Crippen LogP contribution in [0.25, 0.3) is 0 Å². The Kier molecular flexibility index (Phi) is 12.3. The Labute approximate surface area is 240 Å². The normalized spacial score (nSPS) is 19.0. The van der Waals surface area contributed by atoms with Gasteiger partial charge in [0.05, 0.1) is 22.3 Å². The minimum atomic E-state index is -1.28. The van der Waals surface area contributed by atoms with Crippen molar-refractivity contribution in [3.63, 3.8) is 0 Å². The highest BCUT2D eigenvalue weighted by Crippen LogP contribution is 2.34. The first kappa shape index (κ1) is 31.9. The van der Waals surface area contributed by atoms with E-state index in [9.17, 15) is 19.2 Å². The number of aliphatic hydroxyl groups excluding tert-OH is 1. The van der Waals surface area contributed by atoms with Crippen molar-refractivity contribution in [2.75, 3.05) is 25.5 Å². The fourth-order valence-electron chi connectivity index (χ4n) is 4.79. The number of benzene rings is 2. The van der Waals surface area contributed by atoms with Gasteiger partial charge in [0.2, 0.25) is 0 Å². The molecule has 0 heterocycles. The van der Waals surface area contributed by atoms with Crippen molar-refractivity contribution in [1.29, 1.82) is 0 Å². The number of carbonyl (C=O) groups is 1. The molecule has 0 aromatic heterocycles. The van der Waals surface area contributed by atoms with E-state index in [0.29, 0.717) is 47.3 Å². The first-order valence-corrected chi connectivity index (χ1v) is 15.7. The highest BCUT2D eigenvalue weighted by atomic mass is 32.2. The van der Waals surface area contributed by atoms with Gasteiger partial charge in [-0.2, -0.15) is 0 Å². The second-order valence-corrected chi connectivity index (χ2v) is 12.4. The van der Waals surface area contributed by atoms with Gasteiger partial charge in [-0.1, -0.05) is 25.5 Å². The second-order valence-electron chi connectivity index (χ2n) is 10.9. The quantitative estimate of drug-likeness (QED) is 0.252. The van der Waals surface area contributed by atoms with Crippen LogP contribution < -0.4 is 14.8 Å². The second kappa shape index (κ2) is 15.4. The average Bonchev–Trinajstić information content (AvgIpc) is 2.95. The summed E-state index contributed by atoms with van der Waals surface area (Å²) in [5.41, 5.74) is 0.218. The van der Waals surface area contributed by atoms with Gasteiger partial charge in [-0.3, -0.25) is 4.21 Å². The lowest BCUT2D eigenvalue weighted by Gasteiger charge is -2.30. The Hall–Kier alpha value is -2.62. The summed E-state index contributed by atoms with van der Waals surface area (Å²) in [6.45, 7) is 8.07. The van der Waals surface area contributed by atoms with Crippen molar-refractivity contribution >= 4 is 16.8 Å². The number of carbonyl (C=O) groups excluding carboxylic acids is 1. The van der Waals surface area contributed by atoms with Gasteiger partial charge in [0.25, 0.3) is 0 Å². The number of aromatic hydroxyl groups is 1. The molecule has 1 saturated carbocycles. The first-order chi connectivity index (χ1) is 19.1. The first-order valence-electron chi connectivity index (χ1n) is 14.3. The predicted octanol–water partition coefficient (Wildman–Crippen LogP) is 5.08. The number of nitrogens with one attached hydrogen (secondary N) is 1. The van der Waals surface area contributed by atoms with Crippen LogP contribution >= 0.6 is 0 Å². The fourth-order valence-corrected chi connectivity index (χ4v) is 6.11. The van der Waals surface area contributed by atoms with E-state index in [1.54, 1.807) is 32.9 Å². The van der Waals surface area contributed by atoms with Crippen LogP contribution in [0.3, 0.4) is 0 Å². The lowest BCUT2D eigenvalue weighted by Crippen LogP contribution is -2.40. The van der Waals surface area contributed by atoms with Crippen LogP contribution in [-0.4, -0.2) is 63.6 Å². The van der Waals surface area contributed by atoms with Crippen molar-refractivity contribution in [3.8, 4) is 17.2 Å². The number of esters is 1. The molecule has 40 heavy (non-hydrogen) atoms. The number of hydrogen-bond acceptors (Lipinski definition) is 8. The predicted molar refractivity (Wildman–Crippen MR) is 157 cm³/mol. The molecule has 2 aromatic carbocycles. The van der Waals surface area contributed by atoms with Gasteiger partial charge in [0.15, 0.2) is 5.60 Å². The third kappa shape index (κ3) is 9.49. The standard InChI is InChI=1S/C31H45NO7S/c1-5-7-18-40(36)29-19-27(16-17-28(29)34)38-21-25(33)20-32-24-12-8-22(9-13-24)23-10-14-26(15-11-23)39-31(3,4)30(35)37-6-2/h10-11,14-17,19,22,24-25,32-34H,5-9,12-13,18,20-21H2,1-4H3. The van der Waals surface area contributed by atoms with E-state index in [0.717, 1.165) is 38.5 Å². The van der Waals surface area contributed by atoms with Gasteiger partial charge in [-0.15, -0.1) is 0 Å². The minimum Gasteiger partial charge on any atom is -0.507 e. The molecule has 2 aromatic rings. The molecule has 0 aliphatic heterocycles. The van der Waals surface area contributed by atoms with E-state index in [-0.39, 0.29) is 18.3 Å². The number of rotatable bonds is 15. The summed E-state index contributed by atoms with van der Waals surface area (Å²) in [5, 5.41) is 24.0. The lowest BCUT2D eigenvalue weighted by molar-refractivity contribution is -0.158. The number of unbranched alkanes of at least 4 members (excludes halogenated alkanes) is 1. The molecule has 1 aliphatic carbocycles. The molecule has 3 N–H and O–H groups in total. The summed E-state index contributed by atoms with van der Waals surface area (Å²) < 4.78 is 29.1. The Morgan fingerprint density at radius 2 is 1.75 bits per heavy atom. The molecule has 0 bridgehead atoms. The smallest absolute Gasteiger partial charge is 0.349 e. The fraction of sp³-hybridized carbons (Fsp3) is 0.581. The van der Waals surface area contributed by atoms with Gasteiger partial charge in [-0.05, 0) is 88.6 Å². The molecule has 2 unspecified atom stereocenters. The molecule has 2 atom stereocenters. The Bertz CT molecular complexity index is 1100. The van der Waals surface area contributed by atoms with E-state index in [1.165, 1.54) is 11.6 Å². The lowest BCUT2D eigenvalue weighted by atomic mass is 9.81. The Morgan fingerprint density at radius 3 is 2.40 bits per heavy atom. The van der Waals surface area contributed by atoms with Crippen LogP contribution in [0.15, 0.2) is 47.4 Å². The summed E-state index contributed by atoms with van der Waals surface area (Å²) in [6, 6.07) is 13.0. The zero-order valence-electron chi connectivity index (χ0n) is 24.2. The highest BCUT2D eigenvalue weighted by molar-refractivity contribution is 7.85. The van der Waals surface area contributed by atoms with Crippen LogP contribution in [0.5, 0.6) is 17.2 Å². The maximum Gasteiger partial charge on any atom is 0.349 e. The monoisotopic (exact) mass is 575 g/mol. The molecule has 3 rings (SSSR count). The van der Waals surface area contributed by atoms with Crippen molar-refractivity contribution in [1.82, 2.24) is 5.32 Å². The number of aliphatic hydroxyl groups is 1. The minimum absolute atomic E-state index is 0.00169. The largest absolute Gasteiger partial charge is 0.507 e. The third-order valence-corrected chi connectivity index (χ3v) is 8.64. The molecule has 0 amide bonds. The number of ether oxygens (including phenoxy) is 3. The molecule has 1 fully saturated rings. The van der Waals surface area contributed by atoms with Gasteiger partial charge < -0.3 is 29.7 Å². The van der Waals surface area contributed by atoms with E-state index in [4.69, 9.17) is 14.2 Å². The van der Waals surface area contributed by atoms with E-state index >= 15 is 0 Å². The van der Waals surface area contributed by atoms with Crippen LogP contribution in [0, 0.1) is 0 Å². The zero-order valence-corrected chi connectivity index (χ0v) is 25.0. The SMILES string of the molecule is CCCCS(=O)c1cc(OCC(O)CNC2CCC(c3ccc(OC(C)(C)C(=O)OCC)cc3)CC2)ccc1O. The van der Waals surface area contributed by atoms with Crippen molar-refractivity contribution in [2.45, 2.75) is 94.8 Å². The van der Waals surface area contributed by atoms with Crippen LogP contribution in [0.2, 0.25) is 0 Å². The summed E-state index contributed by atoms with van der Waals surface area (Å²) in [7, 11) is -1.28. The van der Waals surface area contributed by atoms with Crippen molar-refractivity contribution < 1.29 is 33.4 Å². The van der Waals surface area contributed by atoms with Crippen molar-refractivity contribution in [2.24, 2.45) is 0 Å². The molecule has 0 saturated heterocycles. The Balaban J connectivity index is 1.40. The molecule has 1 aliphatic rings. The molecule has 0 radical (unpaired) electrons. The molecule has 8 nitrogen and oxygen atoms in total. The summed E-state index contributed by atoms with van der Waals surface area (Å²) >= 11 is 0. The molecule has 222 valence electrons. The maximum absolute atomic E-state index is 12.4. The van der Waals surface area contributed by atoms with Crippen molar-refractivity contribution in [3.05, 3.63) is 48.0 Å². The summed E-state index contributed by atoms with van der Waals surface area (Å²) in [5.74, 6) is 1.70. The summed E-state index contributed by atoms with van der Waals surface area (Å²) in [6.07, 6.45) is 5.18. The van der Waals surface area contributed by atoms with E-state index in [2.05, 4.69) is 17.4 Å². The number of hydrogen-bond donors (Lipinski definition) is 3. The molecule has 9 heteroatoms. The van der Waals surface area contributed by atoms with Crippen LogP contribution in [0.4, 0.5) is 0 Å². The molecule has 0 spiro atoms. The van der Waals surface area contributed by atoms with Gasteiger partial charge in [0, 0.05) is 24.4 Å². The van der Waals surface area contributed by atoms with Gasteiger partial charge in [0.1, 0.15) is 30.0 Å². The third-order valence-electron chi connectivity index (χ3n) is 7.16. The topological polar surface area (TPSA) is 114 Å². The van der Waals surface area contributed by atoms with Crippen LogP contribution in [0.1, 0.15) is 77.7 Å². The highest BCUT2D eigenvalue weighted by Gasteiger charge is 2.31. The number of phenolic OH excluding ortho intramolecular Hbond substituents is 1. The van der Waals surface area contributed by atoms with E-state index < -0.39 is 22.5 Å². The Morgan fingerprint density at radius 1 is 1.07 bits per heavy atom. The summed E-state index contributed by atoms with van der Waals surface area (Å²) in [4.78, 5) is 12.5. The zero-order chi connectivity index (χ0) is 29.1. The molecular formula is C31H45NO7S.